The van der Waals surface area contributed by atoms with Crippen LogP contribution in [0.5, 0.6) is 11.5 Å². The van der Waals surface area contributed by atoms with Gasteiger partial charge in [-0.3, -0.25) is 14.8 Å². The molecule has 1 atom stereocenters. The van der Waals surface area contributed by atoms with Crippen LogP contribution in [0.15, 0.2) is 72.9 Å². The molecule has 0 radical (unpaired) electrons. The highest BCUT2D eigenvalue weighted by atomic mass is 19.1. The number of aromatic hydroxyl groups is 1. The van der Waals surface area contributed by atoms with Crippen molar-refractivity contribution >= 4 is 24.3 Å². The molecule has 5 N–H and O–H groups in total. The lowest BCUT2D eigenvalue weighted by Crippen LogP contribution is -2.43. The first-order valence-electron chi connectivity index (χ1n) is 15.5. The van der Waals surface area contributed by atoms with Crippen molar-refractivity contribution in [3.63, 3.8) is 0 Å². The summed E-state index contributed by atoms with van der Waals surface area (Å²) < 4.78 is 20.1. The fourth-order valence-electron chi connectivity index (χ4n) is 5.80. The third kappa shape index (κ3) is 8.59. The molecule has 3 aromatic carbocycles. The molecule has 5 rings (SSSR count). The number of nitrogens with one attached hydrogen (secondary N) is 2. The number of hydrogen-bond donors (Lipinski definition) is 5. The van der Waals surface area contributed by atoms with E-state index in [9.17, 15) is 24.8 Å². The molecule has 50 heavy (non-hydrogen) atoms. The first-order valence-corrected chi connectivity index (χ1v) is 15.5. The summed E-state index contributed by atoms with van der Waals surface area (Å²) in [4.78, 5) is 26.4. The highest BCUT2D eigenvalue weighted by molar-refractivity contribution is 5.91. The molecule has 1 fully saturated rings. The smallest absolute Gasteiger partial charge is 0.290 e. The predicted octanol–water partition coefficient (Wildman–Crippen LogP) is 5.55. The van der Waals surface area contributed by atoms with Crippen LogP contribution < -0.4 is 20.4 Å². The molecule has 0 saturated carbocycles. The lowest BCUT2D eigenvalue weighted by Gasteiger charge is -2.35. The number of halogens is 1. The van der Waals surface area contributed by atoms with Crippen molar-refractivity contribution in [1.29, 1.82) is 10.5 Å². The largest absolute Gasteiger partial charge is 0.504 e. The minimum Gasteiger partial charge on any atom is -0.504 e. The molecule has 0 bridgehead atoms. The molecule has 4 aromatic rings. The normalized spacial score (nSPS) is 13.4. The molecule has 12 nitrogen and oxygen atoms in total. The molecule has 0 aliphatic carbocycles. The number of ether oxygens (including phenoxy) is 1. The van der Waals surface area contributed by atoms with Crippen molar-refractivity contribution < 1.29 is 34.1 Å². The number of nitriles is 2. The van der Waals surface area contributed by atoms with Gasteiger partial charge in [-0.05, 0) is 72.4 Å². The molecular weight excluding hydrogens is 643 g/mol. The van der Waals surface area contributed by atoms with Crippen LogP contribution in [-0.4, -0.2) is 59.0 Å². The van der Waals surface area contributed by atoms with E-state index in [1.165, 1.54) is 31.4 Å². The van der Waals surface area contributed by atoms with Gasteiger partial charge in [0.25, 0.3) is 12.4 Å². The van der Waals surface area contributed by atoms with Crippen LogP contribution in [0.3, 0.4) is 0 Å². The Morgan fingerprint density at radius 2 is 1.76 bits per heavy atom. The summed E-state index contributed by atoms with van der Waals surface area (Å²) in [6.45, 7) is 3.10. The van der Waals surface area contributed by atoms with E-state index >= 15 is 0 Å². The molecule has 1 aliphatic rings. The summed E-state index contributed by atoms with van der Waals surface area (Å²) in [6.07, 6.45) is 6.08. The Labute approximate surface area is 288 Å². The standard InChI is InChI=1S/C36H33FN6O4.CH2O2/c1-22(24-6-3-23(4-7-24)5-12-34(45)42-46)41-28-13-15-43(16-14-28)36-29(20-39)35(26-8-9-27(19-38)31(37)17-26)30(21-40-36)25-10-11-33(47-2)32(44)18-25;2-1-3/h3-12,17-18,21-22,28,41,44,46H,13-16H2,1-2H3,(H,42,45);1H,(H,2,3)/b12-5+;. The maximum absolute atomic E-state index is 14.9. The number of amides is 1. The van der Waals surface area contributed by atoms with E-state index < -0.39 is 11.7 Å². The third-order valence-corrected chi connectivity index (χ3v) is 8.29. The third-order valence-electron chi connectivity index (χ3n) is 8.29. The molecule has 1 saturated heterocycles. The van der Waals surface area contributed by atoms with Crippen LogP contribution in [0.2, 0.25) is 0 Å². The molecule has 1 aliphatic heterocycles. The zero-order valence-electron chi connectivity index (χ0n) is 27.3. The second-order valence-corrected chi connectivity index (χ2v) is 11.3. The number of hydrogen-bond acceptors (Lipinski definition) is 10. The molecular formula is C37H35FN6O6. The molecule has 256 valence electrons. The van der Waals surface area contributed by atoms with Gasteiger partial charge in [0.05, 0.1) is 12.7 Å². The Balaban J connectivity index is 0.00000181. The van der Waals surface area contributed by atoms with Gasteiger partial charge in [0.15, 0.2) is 11.5 Å². The Bertz CT molecular complexity index is 1950. The number of anilines is 1. The predicted molar refractivity (Wildman–Crippen MR) is 184 cm³/mol. The summed E-state index contributed by atoms with van der Waals surface area (Å²) in [5, 5.41) is 49.5. The zero-order valence-corrected chi connectivity index (χ0v) is 27.3. The zero-order chi connectivity index (χ0) is 36.2. The highest BCUT2D eigenvalue weighted by Crippen LogP contribution is 2.41. The lowest BCUT2D eigenvalue weighted by atomic mass is 9.91. The number of piperidine rings is 1. The quantitative estimate of drug-likeness (QED) is 0.0645. The van der Waals surface area contributed by atoms with Crippen molar-refractivity contribution in [1.82, 2.24) is 15.8 Å². The second kappa shape index (κ2) is 17.2. The summed E-state index contributed by atoms with van der Waals surface area (Å²) in [7, 11) is 1.45. The van der Waals surface area contributed by atoms with Crippen LogP contribution in [0.1, 0.15) is 48.1 Å². The van der Waals surface area contributed by atoms with Gasteiger partial charge in [0.2, 0.25) is 0 Å². The number of aromatic nitrogens is 1. The number of hydroxylamine groups is 1. The van der Waals surface area contributed by atoms with Gasteiger partial charge in [-0.25, -0.2) is 14.9 Å². The molecule has 2 heterocycles. The van der Waals surface area contributed by atoms with E-state index in [1.807, 2.05) is 30.3 Å². The molecule has 1 unspecified atom stereocenters. The molecule has 13 heteroatoms. The summed E-state index contributed by atoms with van der Waals surface area (Å²) >= 11 is 0. The van der Waals surface area contributed by atoms with Crippen molar-refractivity contribution in [2.75, 3.05) is 25.1 Å². The molecule has 1 aromatic heterocycles. The van der Waals surface area contributed by atoms with Gasteiger partial charge in [-0.1, -0.05) is 36.4 Å². The van der Waals surface area contributed by atoms with Crippen molar-refractivity contribution in [3.8, 4) is 45.9 Å². The highest BCUT2D eigenvalue weighted by Gasteiger charge is 2.27. The lowest BCUT2D eigenvalue weighted by molar-refractivity contribution is -0.124. The monoisotopic (exact) mass is 678 g/mol. The van der Waals surface area contributed by atoms with Gasteiger partial charge >= 0.3 is 0 Å². The number of methoxy groups -OCH3 is 1. The number of pyridine rings is 1. The van der Waals surface area contributed by atoms with E-state index in [0.29, 0.717) is 41.2 Å². The molecule has 0 spiro atoms. The van der Waals surface area contributed by atoms with Crippen molar-refractivity contribution in [2.45, 2.75) is 31.8 Å². The fraction of sp³-hybridized carbons (Fsp3) is 0.216. The fourth-order valence-corrected chi connectivity index (χ4v) is 5.80. The van der Waals surface area contributed by atoms with Gasteiger partial charge in [0.1, 0.15) is 29.3 Å². The van der Waals surface area contributed by atoms with E-state index in [0.717, 1.165) is 24.0 Å². The number of carboxylic acid groups (broad SMARTS) is 1. The minimum absolute atomic E-state index is 0.0659. The Kier molecular flexibility index (Phi) is 12.6. The average Bonchev–Trinajstić information content (AvgIpc) is 3.14. The number of carbonyl (C=O) groups is 2. The Morgan fingerprint density at radius 1 is 1.08 bits per heavy atom. The maximum atomic E-state index is 14.9. The van der Waals surface area contributed by atoms with Crippen LogP contribution in [0.4, 0.5) is 10.2 Å². The minimum atomic E-state index is -0.697. The van der Waals surface area contributed by atoms with E-state index in [2.05, 4.69) is 23.2 Å². The maximum Gasteiger partial charge on any atom is 0.290 e. The summed E-state index contributed by atoms with van der Waals surface area (Å²) in [5.41, 5.74) is 5.61. The van der Waals surface area contributed by atoms with E-state index in [4.69, 9.17) is 24.8 Å². The van der Waals surface area contributed by atoms with E-state index in [1.54, 1.807) is 36.0 Å². The second-order valence-electron chi connectivity index (χ2n) is 11.3. The number of phenols is 1. The first kappa shape index (κ1) is 36.6. The summed E-state index contributed by atoms with van der Waals surface area (Å²) in [5.74, 6) is -0.612. The van der Waals surface area contributed by atoms with Crippen molar-refractivity contribution in [2.24, 2.45) is 0 Å². The number of carbonyl (C=O) groups excluding carboxylic acids is 1. The SMILES string of the molecule is COc1ccc(-c2cnc(N3CCC(NC(C)c4ccc(/C=C/C(=O)NO)cc4)CC3)c(C#N)c2-c2ccc(C#N)c(F)c2)cc1O.O=CO. The van der Waals surface area contributed by atoms with Gasteiger partial charge in [-0.2, -0.15) is 10.5 Å². The van der Waals surface area contributed by atoms with Crippen LogP contribution >= 0.6 is 0 Å². The van der Waals surface area contributed by atoms with Gasteiger partial charge < -0.3 is 25.2 Å². The summed E-state index contributed by atoms with van der Waals surface area (Å²) in [6, 6.07) is 21.3. The Hall–Kier alpha value is -6.28. The van der Waals surface area contributed by atoms with Crippen molar-refractivity contribution in [3.05, 3.63) is 101 Å². The number of rotatable bonds is 9. The average molecular weight is 679 g/mol. The van der Waals surface area contributed by atoms with E-state index in [-0.39, 0.29) is 41.2 Å². The number of nitrogens with zero attached hydrogens (tertiary/aromatic N) is 4. The van der Waals surface area contributed by atoms with Crippen LogP contribution in [0, 0.1) is 28.5 Å². The van der Waals surface area contributed by atoms with Gasteiger partial charge in [-0.15, -0.1) is 0 Å². The first-order chi connectivity index (χ1) is 24.2. The van der Waals surface area contributed by atoms with Crippen LogP contribution in [-0.2, 0) is 9.59 Å². The topological polar surface area (TPSA) is 192 Å². The van der Waals surface area contributed by atoms with Crippen LogP contribution in [0.25, 0.3) is 28.3 Å². The Morgan fingerprint density at radius 3 is 2.34 bits per heavy atom. The number of benzene rings is 3. The number of phenolic OH excluding ortho intramolecular Hbond substituents is 1. The van der Waals surface area contributed by atoms with Gasteiger partial charge in [0, 0.05) is 48.6 Å². The molecule has 1 amide bonds.